The van der Waals surface area contributed by atoms with E-state index in [2.05, 4.69) is 20.8 Å². The molecule has 3 aliphatic carbocycles. The van der Waals surface area contributed by atoms with Crippen molar-refractivity contribution in [1.29, 1.82) is 0 Å². The molecule has 5 atom stereocenters. The zero-order chi connectivity index (χ0) is 17.3. The first-order valence-corrected chi connectivity index (χ1v) is 8.74. The normalized spacial score (nSPS) is 36.2. The quantitative estimate of drug-likeness (QED) is 0.827. The first-order chi connectivity index (χ1) is 11.2. The highest BCUT2D eigenvalue weighted by atomic mass is 35.5. The molecule has 7 heteroatoms. The predicted octanol–water partition coefficient (Wildman–Crippen LogP) is 3.52. The molecule has 1 aliphatic heterocycles. The number of halogens is 3. The topological polar surface area (TPSA) is 44.5 Å². The SMILES string of the molecule is CC1(C)[C@@H]2C[C@H]3OB([C@@H](N)Cc4ccc(F)cc4F)O[C@@]3(C)[C@H]1C2.Cl. The number of nitrogens with two attached hydrogens (primary N) is 1. The van der Waals surface area contributed by atoms with E-state index in [1.807, 2.05) is 0 Å². The molecule has 138 valence electrons. The Kier molecular flexibility index (Phi) is 4.72. The third-order valence-electron chi connectivity index (χ3n) is 6.79. The Morgan fingerprint density at radius 3 is 2.64 bits per heavy atom. The van der Waals surface area contributed by atoms with Crippen molar-refractivity contribution in [3.05, 3.63) is 35.4 Å². The van der Waals surface area contributed by atoms with Gasteiger partial charge in [0.15, 0.2) is 0 Å². The molecule has 3 saturated carbocycles. The summed E-state index contributed by atoms with van der Waals surface area (Å²) in [6, 6.07) is 3.57. The highest BCUT2D eigenvalue weighted by Crippen LogP contribution is 2.65. The molecule has 2 N–H and O–H groups in total. The fourth-order valence-corrected chi connectivity index (χ4v) is 5.12. The van der Waals surface area contributed by atoms with Crippen LogP contribution in [0.3, 0.4) is 0 Å². The van der Waals surface area contributed by atoms with E-state index in [1.54, 1.807) is 0 Å². The van der Waals surface area contributed by atoms with Crippen LogP contribution in [-0.4, -0.2) is 24.8 Å². The second-order valence-corrected chi connectivity index (χ2v) is 8.44. The van der Waals surface area contributed by atoms with Gasteiger partial charge in [-0.05, 0) is 55.1 Å². The van der Waals surface area contributed by atoms with Crippen molar-refractivity contribution in [3.8, 4) is 0 Å². The lowest BCUT2D eigenvalue weighted by Crippen LogP contribution is -2.65. The van der Waals surface area contributed by atoms with Crippen LogP contribution in [0.2, 0.25) is 0 Å². The lowest BCUT2D eigenvalue weighted by Gasteiger charge is -2.64. The van der Waals surface area contributed by atoms with Crippen LogP contribution in [0.15, 0.2) is 18.2 Å². The Morgan fingerprint density at radius 2 is 2.00 bits per heavy atom. The summed E-state index contributed by atoms with van der Waals surface area (Å²) in [5.41, 5.74) is 6.59. The Morgan fingerprint density at radius 1 is 1.28 bits per heavy atom. The van der Waals surface area contributed by atoms with Gasteiger partial charge in [0.2, 0.25) is 0 Å². The molecule has 1 saturated heterocycles. The molecular formula is C18H25BClF2NO2. The first kappa shape index (κ1) is 19.1. The summed E-state index contributed by atoms with van der Waals surface area (Å²) in [5, 5.41) is 0. The molecule has 1 aromatic rings. The highest BCUT2D eigenvalue weighted by molar-refractivity contribution is 6.47. The maximum absolute atomic E-state index is 13.9. The smallest absolute Gasteiger partial charge is 0.404 e. The lowest BCUT2D eigenvalue weighted by molar-refractivity contribution is -0.199. The van der Waals surface area contributed by atoms with E-state index in [4.69, 9.17) is 15.0 Å². The third kappa shape index (κ3) is 2.82. The largest absolute Gasteiger partial charge is 0.475 e. The third-order valence-corrected chi connectivity index (χ3v) is 6.79. The molecule has 2 bridgehead atoms. The zero-order valence-corrected chi connectivity index (χ0v) is 15.6. The second kappa shape index (κ2) is 6.19. The second-order valence-electron chi connectivity index (χ2n) is 8.44. The van der Waals surface area contributed by atoms with Gasteiger partial charge in [-0.15, -0.1) is 12.4 Å². The van der Waals surface area contributed by atoms with Crippen LogP contribution >= 0.6 is 12.4 Å². The van der Waals surface area contributed by atoms with E-state index in [9.17, 15) is 8.78 Å². The summed E-state index contributed by atoms with van der Waals surface area (Å²) in [5.74, 6) is -0.496. The van der Waals surface area contributed by atoms with Crippen molar-refractivity contribution in [1.82, 2.24) is 0 Å². The van der Waals surface area contributed by atoms with Gasteiger partial charge in [0.1, 0.15) is 11.6 Å². The molecule has 0 spiro atoms. The van der Waals surface area contributed by atoms with Crippen LogP contribution < -0.4 is 5.73 Å². The fourth-order valence-electron chi connectivity index (χ4n) is 5.12. The van der Waals surface area contributed by atoms with Gasteiger partial charge in [0, 0.05) is 12.0 Å². The molecule has 0 aromatic heterocycles. The standard InChI is InChI=1S/C18H24BF2NO2.ClH/c1-17(2)11-7-14(17)18(3)15(8-11)23-19(24-18)16(22)6-10-4-5-12(20)9-13(10)21;/h4-5,9,11,14-16H,6-8,22H2,1-3H3;1H/t11-,14-,15+,16-,18-;/m0./s1. The van der Waals surface area contributed by atoms with Crippen molar-refractivity contribution in [3.63, 3.8) is 0 Å². The zero-order valence-electron chi connectivity index (χ0n) is 14.8. The van der Waals surface area contributed by atoms with Gasteiger partial charge in [0.05, 0.1) is 11.7 Å². The molecule has 3 nitrogen and oxygen atoms in total. The number of hydrogen-bond donors (Lipinski definition) is 1. The van der Waals surface area contributed by atoms with Crippen molar-refractivity contribution >= 4 is 19.5 Å². The van der Waals surface area contributed by atoms with Crippen molar-refractivity contribution in [2.75, 3.05) is 0 Å². The molecule has 0 radical (unpaired) electrons. The molecule has 0 unspecified atom stereocenters. The lowest BCUT2D eigenvalue weighted by atomic mass is 9.43. The number of benzene rings is 1. The van der Waals surface area contributed by atoms with Crippen molar-refractivity contribution in [2.45, 2.75) is 57.7 Å². The van der Waals surface area contributed by atoms with Gasteiger partial charge in [-0.3, -0.25) is 0 Å². The minimum Gasteiger partial charge on any atom is -0.404 e. The van der Waals surface area contributed by atoms with Crippen LogP contribution in [0.25, 0.3) is 0 Å². The molecule has 0 amide bonds. The van der Waals surface area contributed by atoms with E-state index in [1.165, 1.54) is 18.6 Å². The Balaban J connectivity index is 0.00000182. The van der Waals surface area contributed by atoms with Crippen molar-refractivity contribution < 1.29 is 18.1 Å². The maximum atomic E-state index is 13.9. The average molecular weight is 372 g/mol. The van der Waals surface area contributed by atoms with Crippen molar-refractivity contribution in [2.24, 2.45) is 23.0 Å². The van der Waals surface area contributed by atoms with Gasteiger partial charge in [-0.25, -0.2) is 8.78 Å². The summed E-state index contributed by atoms with van der Waals surface area (Å²) in [4.78, 5) is 0. The Labute approximate surface area is 154 Å². The van der Waals surface area contributed by atoms with Gasteiger partial charge < -0.3 is 15.0 Å². The summed E-state index contributed by atoms with van der Waals surface area (Å²) in [6.07, 6.45) is 2.49. The summed E-state index contributed by atoms with van der Waals surface area (Å²) < 4.78 is 39.3. The fraction of sp³-hybridized carbons (Fsp3) is 0.667. The van der Waals surface area contributed by atoms with E-state index in [0.29, 0.717) is 17.4 Å². The minimum absolute atomic E-state index is 0. The molecular weight excluding hydrogens is 346 g/mol. The predicted molar refractivity (Wildman–Crippen MR) is 95.4 cm³/mol. The number of rotatable bonds is 3. The van der Waals surface area contributed by atoms with Gasteiger partial charge in [0.25, 0.3) is 0 Å². The van der Waals surface area contributed by atoms with E-state index in [-0.39, 0.29) is 35.9 Å². The van der Waals surface area contributed by atoms with Crippen LogP contribution in [0.1, 0.15) is 39.2 Å². The molecule has 5 rings (SSSR count). The van der Waals surface area contributed by atoms with Crippen LogP contribution in [0.5, 0.6) is 0 Å². The molecule has 1 heterocycles. The minimum atomic E-state index is -0.585. The van der Waals surface area contributed by atoms with E-state index >= 15 is 0 Å². The van der Waals surface area contributed by atoms with E-state index < -0.39 is 24.7 Å². The van der Waals surface area contributed by atoms with Gasteiger partial charge in [-0.1, -0.05) is 19.9 Å². The maximum Gasteiger partial charge on any atom is 0.475 e. The average Bonchev–Trinajstić information content (AvgIpc) is 2.86. The summed E-state index contributed by atoms with van der Waals surface area (Å²) >= 11 is 0. The first-order valence-electron chi connectivity index (χ1n) is 8.74. The molecule has 4 aliphatic rings. The molecule has 25 heavy (non-hydrogen) atoms. The van der Waals surface area contributed by atoms with E-state index in [0.717, 1.165) is 12.5 Å². The molecule has 1 aromatic carbocycles. The summed E-state index contributed by atoms with van der Waals surface area (Å²) in [7, 11) is -0.542. The van der Waals surface area contributed by atoms with Gasteiger partial charge in [-0.2, -0.15) is 0 Å². The Hall–Kier alpha value is -0.685. The van der Waals surface area contributed by atoms with Gasteiger partial charge >= 0.3 is 7.12 Å². The summed E-state index contributed by atoms with van der Waals surface area (Å²) in [6.45, 7) is 6.74. The monoisotopic (exact) mass is 371 g/mol. The van der Waals surface area contributed by atoms with Crippen LogP contribution in [0, 0.1) is 28.9 Å². The molecule has 4 fully saturated rings. The Bertz CT molecular complexity index is 676. The number of hydrogen-bond acceptors (Lipinski definition) is 3. The van der Waals surface area contributed by atoms with Crippen LogP contribution in [-0.2, 0) is 15.7 Å². The highest BCUT2D eigenvalue weighted by Gasteiger charge is 2.68. The van der Waals surface area contributed by atoms with Crippen LogP contribution in [0.4, 0.5) is 8.78 Å².